The van der Waals surface area contributed by atoms with Crippen LogP contribution in [0.1, 0.15) is 10.4 Å². The Morgan fingerprint density at radius 2 is 2.04 bits per heavy atom. The molecular formula is C20H14BrN3O3S. The summed E-state index contributed by atoms with van der Waals surface area (Å²) in [5, 5.41) is 4.59. The highest BCUT2D eigenvalue weighted by Crippen LogP contribution is 2.27. The first kappa shape index (κ1) is 18.4. The number of hydrogen-bond donors (Lipinski definition) is 1. The molecule has 6 nitrogen and oxygen atoms in total. The first-order valence-corrected chi connectivity index (χ1v) is 9.95. The van der Waals surface area contributed by atoms with E-state index in [1.54, 1.807) is 19.2 Å². The van der Waals surface area contributed by atoms with E-state index in [4.69, 9.17) is 4.74 Å². The van der Waals surface area contributed by atoms with Gasteiger partial charge in [-0.1, -0.05) is 24.3 Å². The van der Waals surface area contributed by atoms with E-state index in [-0.39, 0.29) is 5.56 Å². The molecule has 8 heteroatoms. The normalized spacial score (nSPS) is 10.8. The van der Waals surface area contributed by atoms with E-state index >= 15 is 0 Å². The third-order valence-corrected chi connectivity index (χ3v) is 5.71. The molecule has 0 radical (unpaired) electrons. The first-order chi connectivity index (χ1) is 13.6. The molecule has 28 heavy (non-hydrogen) atoms. The monoisotopic (exact) mass is 455 g/mol. The van der Waals surface area contributed by atoms with Crippen molar-refractivity contribution in [1.82, 2.24) is 9.38 Å². The van der Waals surface area contributed by atoms with Crippen LogP contribution in [-0.2, 0) is 0 Å². The van der Waals surface area contributed by atoms with Crippen molar-refractivity contribution in [2.75, 3.05) is 12.4 Å². The number of carbonyl (C=O) groups excluding carboxylic acids is 1. The van der Waals surface area contributed by atoms with Crippen molar-refractivity contribution in [3.63, 3.8) is 0 Å². The molecule has 0 saturated heterocycles. The van der Waals surface area contributed by atoms with Crippen LogP contribution in [0, 0.1) is 0 Å². The number of aromatic nitrogens is 2. The minimum Gasteiger partial charge on any atom is -0.497 e. The van der Waals surface area contributed by atoms with E-state index in [1.807, 2.05) is 41.8 Å². The number of benzene rings is 2. The SMILES string of the molecule is COc1cccc(-c2csc3ncc(C(=O)Nc4ccccc4Br)c(=O)n23)c1. The zero-order valence-corrected chi connectivity index (χ0v) is 17.1. The number of nitrogens with zero attached hydrogens (tertiary/aromatic N) is 2. The number of thiazole rings is 1. The van der Waals surface area contributed by atoms with Gasteiger partial charge in [0.2, 0.25) is 0 Å². The van der Waals surface area contributed by atoms with Crippen molar-refractivity contribution in [3.8, 4) is 17.0 Å². The molecule has 1 amide bonds. The molecule has 0 aliphatic heterocycles. The first-order valence-electron chi connectivity index (χ1n) is 8.28. The van der Waals surface area contributed by atoms with E-state index in [0.29, 0.717) is 22.1 Å². The highest BCUT2D eigenvalue weighted by Gasteiger charge is 2.18. The van der Waals surface area contributed by atoms with Crippen LogP contribution in [-0.4, -0.2) is 22.4 Å². The second-order valence-electron chi connectivity index (χ2n) is 5.88. The van der Waals surface area contributed by atoms with Crippen LogP contribution in [0.2, 0.25) is 0 Å². The van der Waals surface area contributed by atoms with Gasteiger partial charge in [0.05, 0.1) is 18.5 Å². The maximum atomic E-state index is 13.1. The summed E-state index contributed by atoms with van der Waals surface area (Å²) in [4.78, 5) is 30.6. The number of rotatable bonds is 4. The number of nitrogens with one attached hydrogen (secondary N) is 1. The lowest BCUT2D eigenvalue weighted by atomic mass is 10.1. The maximum absolute atomic E-state index is 13.1. The highest BCUT2D eigenvalue weighted by molar-refractivity contribution is 9.10. The van der Waals surface area contributed by atoms with Gasteiger partial charge in [0.1, 0.15) is 11.3 Å². The molecule has 0 fully saturated rings. The van der Waals surface area contributed by atoms with E-state index in [1.165, 1.54) is 21.9 Å². The molecule has 2 heterocycles. The Hall–Kier alpha value is -2.97. The molecule has 0 bridgehead atoms. The highest BCUT2D eigenvalue weighted by atomic mass is 79.9. The molecule has 0 spiro atoms. The van der Waals surface area contributed by atoms with E-state index in [2.05, 4.69) is 26.2 Å². The molecule has 0 atom stereocenters. The molecule has 2 aromatic carbocycles. The molecule has 4 aromatic rings. The molecule has 0 aliphatic carbocycles. The van der Waals surface area contributed by atoms with Gasteiger partial charge in [-0.25, -0.2) is 4.98 Å². The standard InChI is InChI=1S/C20H14BrN3O3S/c1-27-13-6-4-5-12(9-13)17-11-28-20-22-10-14(19(26)24(17)20)18(25)23-16-8-3-2-7-15(16)21/h2-11H,1H3,(H,23,25). The van der Waals surface area contributed by atoms with Gasteiger partial charge in [0.25, 0.3) is 11.5 Å². The van der Waals surface area contributed by atoms with E-state index in [0.717, 1.165) is 10.0 Å². The van der Waals surface area contributed by atoms with Crippen LogP contribution in [0.3, 0.4) is 0 Å². The molecule has 2 aromatic heterocycles. The number of ether oxygens (including phenoxy) is 1. The average molecular weight is 456 g/mol. The number of methoxy groups -OCH3 is 1. The van der Waals surface area contributed by atoms with Crippen LogP contribution in [0.15, 0.2) is 69.4 Å². The topological polar surface area (TPSA) is 72.7 Å². The Bertz CT molecular complexity index is 1250. The summed E-state index contributed by atoms with van der Waals surface area (Å²) in [7, 11) is 1.59. The summed E-state index contributed by atoms with van der Waals surface area (Å²) in [5.74, 6) is 0.169. The molecule has 1 N–H and O–H groups in total. The lowest BCUT2D eigenvalue weighted by Gasteiger charge is -2.08. The maximum Gasteiger partial charge on any atom is 0.271 e. The fourth-order valence-corrected chi connectivity index (χ4v) is 4.03. The number of para-hydroxylation sites is 1. The Balaban J connectivity index is 1.79. The Morgan fingerprint density at radius 3 is 2.82 bits per heavy atom. The Morgan fingerprint density at radius 1 is 1.21 bits per heavy atom. The second-order valence-corrected chi connectivity index (χ2v) is 7.57. The summed E-state index contributed by atoms with van der Waals surface area (Å²) >= 11 is 4.72. The quantitative estimate of drug-likeness (QED) is 0.493. The number of anilines is 1. The largest absolute Gasteiger partial charge is 0.497 e. The molecule has 0 unspecified atom stereocenters. The third kappa shape index (κ3) is 3.32. The zero-order chi connectivity index (χ0) is 19.7. The molecular weight excluding hydrogens is 442 g/mol. The van der Waals surface area contributed by atoms with Gasteiger partial charge in [-0.15, -0.1) is 11.3 Å². The molecule has 4 rings (SSSR count). The fraction of sp³-hybridized carbons (Fsp3) is 0.0500. The van der Waals surface area contributed by atoms with Gasteiger partial charge < -0.3 is 10.1 Å². The van der Waals surface area contributed by atoms with Crippen molar-refractivity contribution in [2.24, 2.45) is 0 Å². The fourth-order valence-electron chi connectivity index (χ4n) is 2.78. The number of amides is 1. The van der Waals surface area contributed by atoms with Crippen molar-refractivity contribution in [1.29, 1.82) is 0 Å². The average Bonchev–Trinajstić information content (AvgIpc) is 3.15. The van der Waals surface area contributed by atoms with Gasteiger partial charge >= 0.3 is 0 Å². The predicted octanol–water partition coefficient (Wildman–Crippen LogP) is 4.45. The number of hydrogen-bond acceptors (Lipinski definition) is 5. The van der Waals surface area contributed by atoms with Crippen molar-refractivity contribution in [3.05, 3.63) is 80.5 Å². The van der Waals surface area contributed by atoms with Crippen molar-refractivity contribution >= 4 is 43.8 Å². The van der Waals surface area contributed by atoms with Crippen LogP contribution in [0.4, 0.5) is 5.69 Å². The van der Waals surface area contributed by atoms with E-state index < -0.39 is 11.5 Å². The van der Waals surface area contributed by atoms with Crippen molar-refractivity contribution in [2.45, 2.75) is 0 Å². The van der Waals surface area contributed by atoms with Gasteiger partial charge in [-0.05, 0) is 40.2 Å². The molecule has 140 valence electrons. The van der Waals surface area contributed by atoms with E-state index in [9.17, 15) is 9.59 Å². The Labute approximate surface area is 172 Å². The summed E-state index contributed by atoms with van der Waals surface area (Å²) in [5.41, 5.74) is 1.59. The number of carbonyl (C=O) groups is 1. The van der Waals surface area contributed by atoms with Crippen LogP contribution >= 0.6 is 27.3 Å². The van der Waals surface area contributed by atoms with Gasteiger partial charge in [0.15, 0.2) is 4.96 Å². The van der Waals surface area contributed by atoms with Crippen molar-refractivity contribution < 1.29 is 9.53 Å². The van der Waals surface area contributed by atoms with Gasteiger partial charge in [-0.3, -0.25) is 14.0 Å². The van der Waals surface area contributed by atoms with Gasteiger partial charge in [0, 0.05) is 21.6 Å². The molecule has 0 aliphatic rings. The minimum absolute atomic E-state index is 0.0317. The Kier molecular flexibility index (Phi) is 4.97. The summed E-state index contributed by atoms with van der Waals surface area (Å²) in [6.07, 6.45) is 1.32. The zero-order valence-electron chi connectivity index (χ0n) is 14.7. The molecule has 0 saturated carbocycles. The number of fused-ring (bicyclic) bond motifs is 1. The van der Waals surface area contributed by atoms with Crippen LogP contribution < -0.4 is 15.6 Å². The summed E-state index contributed by atoms with van der Waals surface area (Å²) < 4.78 is 7.45. The smallest absolute Gasteiger partial charge is 0.271 e. The van der Waals surface area contributed by atoms with Crippen LogP contribution in [0.5, 0.6) is 5.75 Å². The third-order valence-electron chi connectivity index (χ3n) is 4.18. The van der Waals surface area contributed by atoms with Crippen LogP contribution in [0.25, 0.3) is 16.2 Å². The summed E-state index contributed by atoms with van der Waals surface area (Å²) in [6.45, 7) is 0. The minimum atomic E-state index is -0.512. The lowest BCUT2D eigenvalue weighted by molar-refractivity contribution is 0.102. The lowest BCUT2D eigenvalue weighted by Crippen LogP contribution is -2.26. The summed E-state index contributed by atoms with van der Waals surface area (Å²) in [6, 6.07) is 14.6. The predicted molar refractivity (Wildman–Crippen MR) is 113 cm³/mol. The number of halogens is 1. The van der Waals surface area contributed by atoms with Gasteiger partial charge in [-0.2, -0.15) is 0 Å². The second kappa shape index (κ2) is 7.57.